The van der Waals surface area contributed by atoms with E-state index in [1.165, 1.54) is 36.5 Å². The predicted molar refractivity (Wildman–Crippen MR) is 116 cm³/mol. The second-order valence-corrected chi connectivity index (χ2v) is 6.96. The smallest absolute Gasteiger partial charge is 0.321 e. The van der Waals surface area contributed by atoms with Crippen molar-refractivity contribution in [2.45, 2.75) is 6.18 Å². The van der Waals surface area contributed by atoms with E-state index in [0.29, 0.717) is 11.4 Å². The van der Waals surface area contributed by atoms with E-state index in [1.54, 1.807) is 18.2 Å². The van der Waals surface area contributed by atoms with Gasteiger partial charge in [-0.05, 0) is 54.6 Å². The number of carbonyl (C=O) groups excluding carboxylic acids is 2. The third kappa shape index (κ3) is 5.68. The molecule has 0 saturated carbocycles. The second kappa shape index (κ2) is 9.27. The Bertz CT molecular complexity index is 1100. The van der Waals surface area contributed by atoms with Gasteiger partial charge in [-0.2, -0.15) is 13.2 Å². The molecule has 0 saturated heterocycles. The molecule has 0 aliphatic rings. The van der Waals surface area contributed by atoms with Crippen molar-refractivity contribution < 1.29 is 22.8 Å². The van der Waals surface area contributed by atoms with E-state index in [9.17, 15) is 22.8 Å². The molecule has 0 aliphatic carbocycles. The predicted octanol–water partition coefficient (Wildman–Crippen LogP) is 5.89. The molecule has 0 atom stereocenters. The number of carbonyl (C=O) groups is 2. The molecule has 160 valence electrons. The molecule has 0 fully saturated rings. The highest BCUT2D eigenvalue weighted by Gasteiger charge is 2.33. The normalized spacial score (nSPS) is 11.0. The van der Waals surface area contributed by atoms with Crippen molar-refractivity contribution in [2.24, 2.45) is 0 Å². The summed E-state index contributed by atoms with van der Waals surface area (Å²) in [6.45, 7) is 0. The van der Waals surface area contributed by atoms with Crippen molar-refractivity contribution in [1.29, 1.82) is 0 Å². The van der Waals surface area contributed by atoms with E-state index in [2.05, 4.69) is 28.4 Å². The van der Waals surface area contributed by atoms with E-state index in [-0.39, 0.29) is 11.4 Å². The number of nitrogens with zero attached hydrogens (tertiary/aromatic N) is 2. The van der Waals surface area contributed by atoms with E-state index in [4.69, 9.17) is 11.6 Å². The Labute approximate surface area is 185 Å². The average Bonchev–Trinajstić information content (AvgIpc) is 2.75. The Morgan fingerprint density at radius 1 is 0.968 bits per heavy atom. The Balaban J connectivity index is 1.67. The van der Waals surface area contributed by atoms with E-state index in [1.807, 2.05) is 0 Å². The lowest BCUT2D eigenvalue weighted by molar-refractivity contribution is -0.137. The molecule has 0 aliphatic heterocycles. The fourth-order valence-electron chi connectivity index (χ4n) is 2.49. The van der Waals surface area contributed by atoms with Gasteiger partial charge in [0.15, 0.2) is 0 Å². The third-order valence-electron chi connectivity index (χ3n) is 3.98. The minimum absolute atomic E-state index is 0.0972. The number of hydrogen-bond acceptors (Lipinski definition) is 4. The van der Waals surface area contributed by atoms with Gasteiger partial charge in [-0.25, -0.2) is 9.10 Å². The summed E-state index contributed by atoms with van der Waals surface area (Å²) in [5.41, 5.74) is -0.149. The number of halogens is 4. The first kappa shape index (κ1) is 22.4. The van der Waals surface area contributed by atoms with Crippen molar-refractivity contribution in [3.8, 4) is 0 Å². The fourth-order valence-corrected chi connectivity index (χ4v) is 2.90. The topological polar surface area (TPSA) is 74.3 Å². The van der Waals surface area contributed by atoms with Gasteiger partial charge in [0.05, 0.1) is 16.3 Å². The van der Waals surface area contributed by atoms with Gasteiger partial charge >= 0.3 is 12.2 Å². The van der Waals surface area contributed by atoms with Crippen LogP contribution in [0.25, 0.3) is 0 Å². The molecular formula is C20H14ClF3N4O2S. The number of rotatable bonds is 4. The average molecular weight is 467 g/mol. The summed E-state index contributed by atoms with van der Waals surface area (Å²) >= 11 is 9.66. The van der Waals surface area contributed by atoms with Gasteiger partial charge in [0.1, 0.15) is 5.69 Å². The summed E-state index contributed by atoms with van der Waals surface area (Å²) in [6.07, 6.45) is -3.16. The van der Waals surface area contributed by atoms with Crippen LogP contribution in [0.1, 0.15) is 16.1 Å². The van der Waals surface area contributed by atoms with E-state index in [0.717, 1.165) is 16.4 Å². The molecule has 1 heterocycles. The lowest BCUT2D eigenvalue weighted by atomic mass is 10.2. The number of urea groups is 1. The van der Waals surface area contributed by atoms with Gasteiger partial charge < -0.3 is 10.6 Å². The number of alkyl halides is 3. The third-order valence-corrected chi connectivity index (χ3v) is 4.72. The quantitative estimate of drug-likeness (QED) is 0.420. The van der Waals surface area contributed by atoms with Crippen molar-refractivity contribution in [3.63, 3.8) is 0 Å². The van der Waals surface area contributed by atoms with Crippen LogP contribution in [-0.2, 0) is 6.18 Å². The number of pyridine rings is 1. The van der Waals surface area contributed by atoms with Crippen LogP contribution in [0.4, 0.5) is 35.0 Å². The number of amides is 3. The van der Waals surface area contributed by atoms with E-state index >= 15 is 0 Å². The van der Waals surface area contributed by atoms with Gasteiger partial charge in [0, 0.05) is 17.6 Å². The molecular weight excluding hydrogens is 453 g/mol. The minimum Gasteiger partial charge on any atom is -0.321 e. The molecule has 0 bridgehead atoms. The highest BCUT2D eigenvalue weighted by molar-refractivity contribution is 7.82. The highest BCUT2D eigenvalue weighted by Crippen LogP contribution is 2.36. The van der Waals surface area contributed by atoms with Crippen LogP contribution in [0.15, 0.2) is 66.9 Å². The second-order valence-electron chi connectivity index (χ2n) is 6.15. The molecule has 2 aromatic carbocycles. The number of nitrogens with one attached hydrogen (secondary N) is 2. The molecule has 11 heteroatoms. The molecule has 3 rings (SSSR count). The van der Waals surface area contributed by atoms with Gasteiger partial charge in [-0.15, -0.1) is 0 Å². The van der Waals surface area contributed by atoms with Crippen LogP contribution in [0.2, 0.25) is 5.02 Å². The van der Waals surface area contributed by atoms with Crippen molar-refractivity contribution in [1.82, 2.24) is 4.98 Å². The summed E-state index contributed by atoms with van der Waals surface area (Å²) in [6, 6.07) is 13.2. The minimum atomic E-state index is -4.66. The van der Waals surface area contributed by atoms with Crippen LogP contribution >= 0.6 is 24.4 Å². The largest absolute Gasteiger partial charge is 0.417 e. The lowest BCUT2D eigenvalue weighted by Crippen LogP contribution is -2.27. The first-order valence-corrected chi connectivity index (χ1v) is 9.42. The van der Waals surface area contributed by atoms with Crippen LogP contribution in [0.3, 0.4) is 0 Å². The van der Waals surface area contributed by atoms with Gasteiger partial charge in [0.25, 0.3) is 5.91 Å². The molecule has 0 radical (unpaired) electrons. The Kier molecular flexibility index (Phi) is 6.71. The molecule has 6 nitrogen and oxygen atoms in total. The number of benzene rings is 2. The van der Waals surface area contributed by atoms with Gasteiger partial charge in [-0.3, -0.25) is 9.78 Å². The monoisotopic (exact) mass is 466 g/mol. The molecule has 3 aromatic rings. The van der Waals surface area contributed by atoms with Crippen molar-refractivity contribution in [2.75, 3.05) is 14.9 Å². The Morgan fingerprint density at radius 3 is 2.26 bits per heavy atom. The maximum Gasteiger partial charge on any atom is 0.417 e. The Morgan fingerprint density at radius 2 is 1.65 bits per heavy atom. The molecule has 31 heavy (non-hydrogen) atoms. The lowest BCUT2D eigenvalue weighted by Gasteiger charge is -2.18. The first-order valence-electron chi connectivity index (χ1n) is 8.64. The van der Waals surface area contributed by atoms with Crippen LogP contribution in [-0.4, -0.2) is 16.9 Å². The first-order chi connectivity index (χ1) is 14.6. The van der Waals surface area contributed by atoms with E-state index < -0.39 is 28.7 Å². The maximum absolute atomic E-state index is 13.0. The molecule has 3 amide bonds. The van der Waals surface area contributed by atoms with Crippen LogP contribution < -0.4 is 14.9 Å². The van der Waals surface area contributed by atoms with Crippen molar-refractivity contribution in [3.05, 3.63) is 83.1 Å². The summed E-state index contributed by atoms with van der Waals surface area (Å²) in [5, 5.41) is 4.50. The number of hydrogen-bond donors (Lipinski definition) is 3. The number of aromatic nitrogens is 1. The summed E-state index contributed by atoms with van der Waals surface area (Å²) < 4.78 is 39.8. The number of anilines is 3. The molecule has 0 unspecified atom stereocenters. The zero-order valence-corrected chi connectivity index (χ0v) is 17.2. The van der Waals surface area contributed by atoms with Gasteiger partial charge in [0.2, 0.25) is 0 Å². The number of thiol groups is 1. The SMILES string of the molecule is O=C(Nc1ccc(N(S)C(=O)Nc2ccc(Cl)c(C(F)(F)F)c2)cc1)c1ccccn1. The standard InChI is InChI=1S/C20H14ClF3N4O2S/c21-16-9-6-13(11-15(16)20(22,23)24)27-19(30)28(31)14-7-4-12(5-8-14)26-18(29)17-3-1-2-10-25-17/h1-11,31H,(H,26,29)(H,27,30). The highest BCUT2D eigenvalue weighted by atomic mass is 35.5. The van der Waals surface area contributed by atoms with Crippen LogP contribution in [0, 0.1) is 0 Å². The summed E-state index contributed by atoms with van der Waals surface area (Å²) in [5.74, 6) is -0.406. The van der Waals surface area contributed by atoms with Gasteiger partial charge in [-0.1, -0.05) is 30.5 Å². The summed E-state index contributed by atoms with van der Waals surface area (Å²) in [7, 11) is 0. The van der Waals surface area contributed by atoms with Crippen molar-refractivity contribution >= 4 is 53.4 Å². The van der Waals surface area contributed by atoms with Crippen LogP contribution in [0.5, 0.6) is 0 Å². The molecule has 2 N–H and O–H groups in total. The Hall–Kier alpha value is -3.24. The maximum atomic E-state index is 13.0. The summed E-state index contributed by atoms with van der Waals surface area (Å²) in [4.78, 5) is 28.4. The zero-order chi connectivity index (χ0) is 22.6. The molecule has 0 spiro atoms. The fraction of sp³-hybridized carbons (Fsp3) is 0.0500. The molecule has 1 aromatic heterocycles. The zero-order valence-electron chi connectivity index (χ0n) is 15.5.